The molecule has 4 N–H and O–H groups in total. The molecule has 0 bridgehead atoms. The number of rotatable bonds is 4. The van der Waals surface area contributed by atoms with Crippen molar-refractivity contribution in [3.8, 4) is 5.75 Å². The van der Waals surface area contributed by atoms with E-state index in [1.165, 1.54) is 6.08 Å². The molecule has 1 aromatic heterocycles. The Hall–Kier alpha value is -2.12. The molecule has 7 nitrogen and oxygen atoms in total. The molecule has 0 radical (unpaired) electrons. The molecule has 0 aromatic carbocycles. The molecule has 0 saturated carbocycles. The normalized spacial score (nSPS) is 21.2. The summed E-state index contributed by atoms with van der Waals surface area (Å²) in [5.74, 6) is -2.15. The first-order chi connectivity index (χ1) is 9.44. The molecule has 0 aliphatic carbocycles. The Kier molecular flexibility index (Phi) is 3.65. The third-order valence-electron chi connectivity index (χ3n) is 2.99. The molecule has 1 aliphatic heterocycles. The Balaban J connectivity index is 2.61. The Morgan fingerprint density at radius 3 is 2.70 bits per heavy atom. The van der Waals surface area contributed by atoms with E-state index in [0.29, 0.717) is 6.42 Å². The quantitative estimate of drug-likeness (QED) is 0.618. The maximum absolute atomic E-state index is 11.9. The van der Waals surface area contributed by atoms with Crippen molar-refractivity contribution < 1.29 is 24.5 Å². The number of allylic oxidation sites excluding steroid dienone is 1. The van der Waals surface area contributed by atoms with Crippen molar-refractivity contribution in [2.45, 2.75) is 25.5 Å². The van der Waals surface area contributed by atoms with Crippen molar-refractivity contribution in [1.29, 1.82) is 0 Å². The Labute approximate surface area is 114 Å². The summed E-state index contributed by atoms with van der Waals surface area (Å²) in [6, 6.07) is 0. The predicted octanol–water partition coefficient (Wildman–Crippen LogP) is 0.0395. The summed E-state index contributed by atoms with van der Waals surface area (Å²) in [6.07, 6.45) is 4.66. The van der Waals surface area contributed by atoms with Crippen LogP contribution in [0.15, 0.2) is 15.3 Å². The van der Waals surface area contributed by atoms with Gasteiger partial charge in [-0.15, -0.1) is 0 Å². The number of carbonyl (C=O) groups excluding carboxylic acids is 1. The lowest BCUT2D eigenvalue weighted by Gasteiger charge is -2.19. The highest BCUT2D eigenvalue weighted by Gasteiger charge is 2.46. The minimum absolute atomic E-state index is 0.162. The second kappa shape index (κ2) is 5.10. The van der Waals surface area contributed by atoms with Crippen LogP contribution in [0.25, 0.3) is 6.08 Å². The number of hydrogen-bond acceptors (Lipinski definition) is 6. The smallest absolute Gasteiger partial charge is 0.261 e. The van der Waals surface area contributed by atoms with E-state index in [2.05, 4.69) is 0 Å². The van der Waals surface area contributed by atoms with Crippen LogP contribution < -0.4 is 10.7 Å². The number of amides is 1. The molecule has 7 heteroatoms. The van der Waals surface area contributed by atoms with Crippen LogP contribution >= 0.6 is 0 Å². The first kappa shape index (κ1) is 14.3. The van der Waals surface area contributed by atoms with E-state index in [-0.39, 0.29) is 11.5 Å². The number of aliphatic hydroxyl groups is 2. The van der Waals surface area contributed by atoms with Crippen LogP contribution in [0.4, 0.5) is 0 Å². The van der Waals surface area contributed by atoms with Gasteiger partial charge in [-0.25, -0.2) is 0 Å². The molecule has 1 atom stereocenters. The van der Waals surface area contributed by atoms with E-state index in [1.54, 1.807) is 6.08 Å². The van der Waals surface area contributed by atoms with Crippen LogP contribution in [0.5, 0.6) is 5.75 Å². The number of unbranched alkanes of at least 4 members (excludes halogenated alkanes) is 1. The van der Waals surface area contributed by atoms with Crippen LogP contribution in [-0.4, -0.2) is 27.8 Å². The lowest BCUT2D eigenvalue weighted by atomic mass is 10.1. The molecule has 0 spiro atoms. The van der Waals surface area contributed by atoms with Gasteiger partial charge in [0.15, 0.2) is 11.5 Å². The van der Waals surface area contributed by atoms with E-state index in [0.717, 1.165) is 6.42 Å². The summed E-state index contributed by atoms with van der Waals surface area (Å²) in [4.78, 5) is 23.5. The van der Waals surface area contributed by atoms with E-state index in [9.17, 15) is 19.8 Å². The van der Waals surface area contributed by atoms with Crippen LogP contribution in [0, 0.1) is 0 Å². The lowest BCUT2D eigenvalue weighted by Crippen LogP contribution is -2.42. The molecule has 2 heterocycles. The Morgan fingerprint density at radius 2 is 2.10 bits per heavy atom. The van der Waals surface area contributed by atoms with Crippen molar-refractivity contribution >= 4 is 12.0 Å². The van der Waals surface area contributed by atoms with Gasteiger partial charge in [0.1, 0.15) is 5.56 Å². The third-order valence-corrected chi connectivity index (χ3v) is 2.99. The van der Waals surface area contributed by atoms with Crippen molar-refractivity contribution in [3.05, 3.63) is 33.4 Å². The number of fused-ring (bicyclic) bond motifs is 1. The molecule has 1 unspecified atom stereocenters. The number of hydrogen-bond donors (Lipinski definition) is 4. The van der Waals surface area contributed by atoms with E-state index < -0.39 is 35.0 Å². The molecule has 0 saturated heterocycles. The molecular weight excluding hydrogens is 266 g/mol. The topological polar surface area (TPSA) is 120 Å². The number of aromatic hydroxyl groups is 1. The molecule has 2 rings (SSSR count). The van der Waals surface area contributed by atoms with Crippen molar-refractivity contribution in [1.82, 2.24) is 5.32 Å². The molecule has 1 aromatic rings. The van der Waals surface area contributed by atoms with Gasteiger partial charge in [-0.05, 0) is 12.5 Å². The fourth-order valence-corrected chi connectivity index (χ4v) is 1.93. The van der Waals surface area contributed by atoms with E-state index in [4.69, 9.17) is 9.52 Å². The lowest BCUT2D eigenvalue weighted by molar-refractivity contribution is -0.0502. The van der Waals surface area contributed by atoms with E-state index in [1.807, 2.05) is 12.2 Å². The standard InChI is InChI=1S/C13H15NO6/c1-2-3-4-5-7-9(16)10(17)8-11(20-7)13(19,6-15)14-12(8)18/h4-5,15-16,19H,2-3,6H2,1H3,(H,14,18). The molecular formula is C13H15NO6. The number of aliphatic hydroxyl groups excluding tert-OH is 1. The molecule has 0 fully saturated rings. The summed E-state index contributed by atoms with van der Waals surface area (Å²) in [5, 5.41) is 30.9. The van der Waals surface area contributed by atoms with Crippen LogP contribution in [0.1, 0.15) is 41.6 Å². The average molecular weight is 281 g/mol. The highest BCUT2D eigenvalue weighted by Crippen LogP contribution is 2.30. The van der Waals surface area contributed by atoms with Gasteiger partial charge >= 0.3 is 0 Å². The minimum Gasteiger partial charge on any atom is -0.502 e. The van der Waals surface area contributed by atoms with Gasteiger partial charge in [0.2, 0.25) is 16.9 Å². The second-order valence-electron chi connectivity index (χ2n) is 4.51. The molecule has 1 amide bonds. The highest BCUT2D eigenvalue weighted by atomic mass is 16.4. The van der Waals surface area contributed by atoms with Gasteiger partial charge in [0.05, 0.1) is 6.61 Å². The monoisotopic (exact) mass is 281 g/mol. The molecule has 1 aliphatic rings. The summed E-state index contributed by atoms with van der Waals surface area (Å²) in [6.45, 7) is 1.10. The summed E-state index contributed by atoms with van der Waals surface area (Å²) in [5.41, 5.74) is -3.58. The Bertz CT molecular complexity index is 632. The van der Waals surface area contributed by atoms with Crippen molar-refractivity contribution in [3.63, 3.8) is 0 Å². The fourth-order valence-electron chi connectivity index (χ4n) is 1.93. The van der Waals surface area contributed by atoms with Gasteiger partial charge in [-0.3, -0.25) is 9.59 Å². The van der Waals surface area contributed by atoms with Gasteiger partial charge in [0.25, 0.3) is 5.91 Å². The number of carbonyl (C=O) groups is 1. The first-order valence-corrected chi connectivity index (χ1v) is 6.17. The zero-order valence-corrected chi connectivity index (χ0v) is 10.8. The second-order valence-corrected chi connectivity index (χ2v) is 4.51. The van der Waals surface area contributed by atoms with Crippen LogP contribution in [0.3, 0.4) is 0 Å². The highest BCUT2D eigenvalue weighted by molar-refractivity contribution is 5.99. The van der Waals surface area contributed by atoms with Gasteiger partial charge in [-0.2, -0.15) is 0 Å². The maximum Gasteiger partial charge on any atom is 0.261 e. The predicted molar refractivity (Wildman–Crippen MR) is 69.0 cm³/mol. The zero-order chi connectivity index (χ0) is 14.9. The SMILES string of the molecule is CCCC=Cc1oc2c(c(=O)c1O)C(=O)NC2(O)CO. The first-order valence-electron chi connectivity index (χ1n) is 6.17. The van der Waals surface area contributed by atoms with Gasteiger partial charge in [0, 0.05) is 0 Å². The zero-order valence-electron chi connectivity index (χ0n) is 10.8. The summed E-state index contributed by atoms with van der Waals surface area (Å²) >= 11 is 0. The largest absolute Gasteiger partial charge is 0.502 e. The fraction of sp³-hybridized carbons (Fsp3) is 0.385. The van der Waals surface area contributed by atoms with Gasteiger partial charge < -0.3 is 25.1 Å². The Morgan fingerprint density at radius 1 is 1.40 bits per heavy atom. The average Bonchev–Trinajstić information content (AvgIpc) is 2.67. The van der Waals surface area contributed by atoms with Crippen molar-refractivity contribution in [2.75, 3.05) is 6.61 Å². The van der Waals surface area contributed by atoms with Crippen LogP contribution in [0.2, 0.25) is 0 Å². The maximum atomic E-state index is 11.9. The summed E-state index contributed by atoms with van der Waals surface area (Å²) < 4.78 is 5.22. The molecule has 108 valence electrons. The van der Waals surface area contributed by atoms with E-state index >= 15 is 0 Å². The molecule has 20 heavy (non-hydrogen) atoms. The summed E-state index contributed by atoms with van der Waals surface area (Å²) in [7, 11) is 0. The van der Waals surface area contributed by atoms with Crippen molar-refractivity contribution in [2.24, 2.45) is 0 Å². The van der Waals surface area contributed by atoms with Gasteiger partial charge in [-0.1, -0.05) is 19.4 Å². The third kappa shape index (κ3) is 2.10. The minimum atomic E-state index is -2.15. The van der Waals surface area contributed by atoms with Crippen LogP contribution in [-0.2, 0) is 5.72 Å². The number of nitrogens with one attached hydrogen (secondary N) is 1.